The molecule has 3 fully saturated rings. The zero-order valence-electron chi connectivity index (χ0n) is 32.0. The van der Waals surface area contributed by atoms with Crippen LogP contribution in [0.25, 0.3) is 0 Å². The van der Waals surface area contributed by atoms with E-state index in [2.05, 4.69) is 22.2 Å². The average Bonchev–Trinajstić information content (AvgIpc) is 3.11. The number of guanidine groups is 1. The number of aliphatic imine (C=N–C) groups is 1. The number of carboxylic acid groups (broad SMARTS) is 1. The predicted octanol–water partition coefficient (Wildman–Crippen LogP) is 0.748. The number of carbonyl (C=O) groups is 3. The van der Waals surface area contributed by atoms with Gasteiger partial charge in [0.25, 0.3) is 5.91 Å². The standard InChI is InChI=1S/C37H59N5O12/c1-21-19-37(50-7,54-23(3)22(21)2)30(45)32(46)42-33-29-28(51-20-52-33)31(49-6)36(4,5)26(53-29)18-24(43)14-11-9-8-10-12-16-27(44)41-25(34(47)48)15-13-17-40-35(38)39/h8-12,16,22-26,28-31,33,43,45H,1,13-15,17-20H2,2-7H3,(H,41,44)(H,42,46)(H,47,48)(H4,38,39,40). The number of fused-ring (bicyclic) bond motifs is 1. The first kappa shape index (κ1) is 44.7. The van der Waals surface area contributed by atoms with Crippen LogP contribution in [0.5, 0.6) is 0 Å². The van der Waals surface area contributed by atoms with Gasteiger partial charge in [0.1, 0.15) is 25.0 Å². The van der Waals surface area contributed by atoms with Gasteiger partial charge in [-0.15, -0.1) is 0 Å². The smallest absolute Gasteiger partial charge is 0.326 e. The summed E-state index contributed by atoms with van der Waals surface area (Å²) in [5.74, 6) is -4.23. The van der Waals surface area contributed by atoms with Crippen LogP contribution in [-0.2, 0) is 42.8 Å². The normalized spacial score (nSPS) is 31.5. The molecule has 17 heteroatoms. The number of aliphatic carboxylic acids is 1. The van der Waals surface area contributed by atoms with Crippen LogP contribution in [0.15, 0.2) is 53.6 Å². The van der Waals surface area contributed by atoms with Gasteiger partial charge in [-0.1, -0.05) is 63.3 Å². The molecule has 0 radical (unpaired) electrons. The summed E-state index contributed by atoms with van der Waals surface area (Å²) in [6.45, 7) is 11.9. The van der Waals surface area contributed by atoms with Crippen molar-refractivity contribution in [2.45, 2.75) is 121 Å². The van der Waals surface area contributed by atoms with Crippen molar-refractivity contribution in [2.75, 3.05) is 27.6 Å². The molecular weight excluding hydrogens is 706 g/mol. The molecule has 54 heavy (non-hydrogen) atoms. The second kappa shape index (κ2) is 20.3. The third-order valence-electron chi connectivity index (χ3n) is 10.2. The lowest BCUT2D eigenvalue weighted by atomic mass is 9.72. The molecule has 17 nitrogen and oxygen atoms in total. The van der Waals surface area contributed by atoms with Crippen LogP contribution in [0.3, 0.4) is 0 Å². The highest BCUT2D eigenvalue weighted by Crippen LogP contribution is 2.44. The van der Waals surface area contributed by atoms with Gasteiger partial charge in [0.05, 0.1) is 24.4 Å². The maximum absolute atomic E-state index is 13.5. The summed E-state index contributed by atoms with van der Waals surface area (Å²) in [7, 11) is 2.93. The summed E-state index contributed by atoms with van der Waals surface area (Å²) >= 11 is 0. The van der Waals surface area contributed by atoms with Gasteiger partial charge in [-0.3, -0.25) is 14.6 Å². The SMILES string of the molecule is C=C1CC(OC)(C(O)C(=O)NC2OCOC3C2OC(CC(O)CC=CC=CC=CC(=O)NC(CCCN=C(N)N)C(=O)O)C(C)(C)C3OC)OC(C)C1C. The molecule has 304 valence electrons. The number of carbonyl (C=O) groups excluding carboxylic acids is 2. The van der Waals surface area contributed by atoms with Crippen molar-refractivity contribution >= 4 is 23.7 Å². The summed E-state index contributed by atoms with van der Waals surface area (Å²) in [4.78, 5) is 40.9. The number of carboxylic acids is 1. The maximum Gasteiger partial charge on any atom is 0.326 e. The van der Waals surface area contributed by atoms with Gasteiger partial charge in [0, 0.05) is 51.0 Å². The molecular formula is C37H59N5O12. The van der Waals surface area contributed by atoms with E-state index in [4.69, 9.17) is 39.9 Å². The van der Waals surface area contributed by atoms with E-state index in [1.54, 1.807) is 31.4 Å². The molecule has 3 heterocycles. The molecule has 0 aliphatic carbocycles. The Morgan fingerprint density at radius 2 is 1.80 bits per heavy atom. The summed E-state index contributed by atoms with van der Waals surface area (Å²) < 4.78 is 35.7. The number of allylic oxidation sites excluding steroid dienone is 4. The minimum Gasteiger partial charge on any atom is -0.480 e. The Balaban J connectivity index is 1.58. The number of nitrogens with two attached hydrogens (primary N) is 2. The molecule has 3 aliphatic heterocycles. The molecule has 0 aromatic rings. The molecule has 11 atom stereocenters. The van der Waals surface area contributed by atoms with Crippen LogP contribution in [-0.4, -0.2) is 127 Å². The molecule has 2 amide bonds. The highest BCUT2D eigenvalue weighted by atomic mass is 16.7. The van der Waals surface area contributed by atoms with Crippen LogP contribution in [0.2, 0.25) is 0 Å². The first-order chi connectivity index (χ1) is 25.5. The monoisotopic (exact) mass is 765 g/mol. The van der Waals surface area contributed by atoms with Crippen molar-refractivity contribution < 1.29 is 58.1 Å². The van der Waals surface area contributed by atoms with E-state index in [1.165, 1.54) is 19.3 Å². The number of amides is 2. The largest absolute Gasteiger partial charge is 0.480 e. The Hall–Kier alpha value is -3.68. The van der Waals surface area contributed by atoms with Crippen molar-refractivity contribution in [1.82, 2.24) is 10.6 Å². The molecule has 3 saturated heterocycles. The van der Waals surface area contributed by atoms with E-state index >= 15 is 0 Å². The number of nitrogens with zero attached hydrogens (tertiary/aromatic N) is 1. The summed E-state index contributed by atoms with van der Waals surface area (Å²) in [6.07, 6.45) is 4.08. The Morgan fingerprint density at radius 1 is 1.09 bits per heavy atom. The van der Waals surface area contributed by atoms with E-state index in [0.29, 0.717) is 6.42 Å². The number of nitrogens with one attached hydrogen (secondary N) is 2. The fraction of sp³-hybridized carbons (Fsp3) is 0.676. The topological polar surface area (TPSA) is 256 Å². The zero-order chi connectivity index (χ0) is 40.2. The molecule has 0 bridgehead atoms. The predicted molar refractivity (Wildman–Crippen MR) is 197 cm³/mol. The molecule has 11 unspecified atom stereocenters. The van der Waals surface area contributed by atoms with Crippen molar-refractivity contribution in [2.24, 2.45) is 27.8 Å². The van der Waals surface area contributed by atoms with E-state index < -0.39 is 77.9 Å². The van der Waals surface area contributed by atoms with Crippen LogP contribution < -0.4 is 22.1 Å². The quantitative estimate of drug-likeness (QED) is 0.0254. The Bertz CT molecular complexity index is 1420. The lowest BCUT2D eigenvalue weighted by Gasteiger charge is -2.54. The molecule has 0 saturated carbocycles. The number of rotatable bonds is 18. The van der Waals surface area contributed by atoms with Gasteiger partial charge in [-0.2, -0.15) is 0 Å². The second-order valence-electron chi connectivity index (χ2n) is 14.4. The minimum absolute atomic E-state index is 0.0111. The number of aliphatic hydroxyl groups excluding tert-OH is 2. The first-order valence-electron chi connectivity index (χ1n) is 18.0. The number of ether oxygens (including phenoxy) is 6. The van der Waals surface area contributed by atoms with E-state index in [-0.39, 0.29) is 57.0 Å². The van der Waals surface area contributed by atoms with Crippen LogP contribution >= 0.6 is 0 Å². The maximum atomic E-state index is 13.5. The third-order valence-corrected chi connectivity index (χ3v) is 10.2. The van der Waals surface area contributed by atoms with Crippen molar-refractivity contribution in [1.29, 1.82) is 0 Å². The van der Waals surface area contributed by atoms with Gasteiger partial charge in [0.15, 0.2) is 18.3 Å². The number of aliphatic hydroxyl groups is 2. The van der Waals surface area contributed by atoms with E-state index in [1.807, 2.05) is 27.7 Å². The summed E-state index contributed by atoms with van der Waals surface area (Å²) in [6, 6.07) is -1.08. The van der Waals surface area contributed by atoms with Gasteiger partial charge in [0.2, 0.25) is 11.7 Å². The van der Waals surface area contributed by atoms with Crippen LogP contribution in [0.4, 0.5) is 0 Å². The Morgan fingerprint density at radius 3 is 2.43 bits per heavy atom. The first-order valence-corrected chi connectivity index (χ1v) is 18.0. The molecule has 3 aliphatic rings. The Labute approximate surface area is 316 Å². The van der Waals surface area contributed by atoms with Crippen molar-refractivity contribution in [3.8, 4) is 0 Å². The fourth-order valence-electron chi connectivity index (χ4n) is 6.84. The fourth-order valence-corrected chi connectivity index (χ4v) is 6.84. The van der Waals surface area contributed by atoms with Gasteiger partial charge in [-0.25, -0.2) is 4.79 Å². The highest BCUT2D eigenvalue weighted by molar-refractivity contribution is 5.91. The van der Waals surface area contributed by atoms with Crippen molar-refractivity contribution in [3.63, 3.8) is 0 Å². The molecule has 0 aromatic heterocycles. The lowest BCUT2D eigenvalue weighted by Crippen LogP contribution is -2.69. The van der Waals surface area contributed by atoms with Gasteiger partial charge >= 0.3 is 5.97 Å². The van der Waals surface area contributed by atoms with Crippen molar-refractivity contribution in [3.05, 3.63) is 48.6 Å². The minimum atomic E-state index is -1.72. The molecule has 0 aromatic carbocycles. The summed E-state index contributed by atoms with van der Waals surface area (Å²) in [5.41, 5.74) is 10.7. The molecule has 0 spiro atoms. The van der Waals surface area contributed by atoms with E-state index in [0.717, 1.165) is 5.57 Å². The lowest BCUT2D eigenvalue weighted by molar-refractivity contribution is -0.332. The van der Waals surface area contributed by atoms with Crippen LogP contribution in [0.1, 0.15) is 59.8 Å². The number of methoxy groups -OCH3 is 2. The summed E-state index contributed by atoms with van der Waals surface area (Å²) in [5, 5.41) is 36.8. The molecule has 3 rings (SSSR count). The zero-order valence-corrected chi connectivity index (χ0v) is 32.0. The molecule has 9 N–H and O–H groups in total. The van der Waals surface area contributed by atoms with Crippen LogP contribution in [0, 0.1) is 11.3 Å². The average molecular weight is 766 g/mol. The number of hydrogen-bond donors (Lipinski definition) is 7. The Kier molecular flexibility index (Phi) is 16.8. The third kappa shape index (κ3) is 11.7. The van der Waals surface area contributed by atoms with Gasteiger partial charge in [-0.05, 0) is 26.2 Å². The van der Waals surface area contributed by atoms with Gasteiger partial charge < -0.3 is 65.8 Å². The van der Waals surface area contributed by atoms with E-state index in [9.17, 15) is 29.7 Å². The number of hydrogen-bond acceptors (Lipinski definition) is 12. The second-order valence-corrected chi connectivity index (χ2v) is 14.4. The highest BCUT2D eigenvalue weighted by Gasteiger charge is 2.57.